The molecule has 0 aliphatic heterocycles. The molecule has 0 aromatic heterocycles. The Bertz CT molecular complexity index is 1460. The molecule has 10 heteroatoms. The van der Waals surface area contributed by atoms with Gasteiger partial charge in [0, 0.05) is 23.7 Å². The molecule has 0 bridgehead atoms. The van der Waals surface area contributed by atoms with Crippen molar-refractivity contribution in [3.63, 3.8) is 0 Å². The average molecular weight is 612 g/mol. The molecule has 1 fully saturated rings. The van der Waals surface area contributed by atoms with Crippen LogP contribution >= 0.6 is 11.6 Å². The zero-order valence-electron chi connectivity index (χ0n) is 24.0. The molecule has 4 rings (SSSR count). The van der Waals surface area contributed by atoms with Crippen molar-refractivity contribution in [2.45, 2.75) is 69.0 Å². The lowest BCUT2D eigenvalue weighted by Crippen LogP contribution is -2.54. The second-order valence-electron chi connectivity index (χ2n) is 10.4. The molecule has 0 radical (unpaired) electrons. The highest BCUT2D eigenvalue weighted by Gasteiger charge is 2.34. The van der Waals surface area contributed by atoms with Crippen molar-refractivity contribution in [2.24, 2.45) is 0 Å². The SMILES string of the molecule is CCC(C(=O)NC1CCCCC1)N(Cc1ccccc1Cl)C(=O)CN(c1cccc(OC)c1)S(=O)(=O)c1ccccc1. The maximum absolute atomic E-state index is 14.2. The molecule has 3 aromatic rings. The molecular weight excluding hydrogens is 574 g/mol. The van der Waals surface area contributed by atoms with Crippen LogP contribution < -0.4 is 14.4 Å². The third kappa shape index (κ3) is 7.63. The minimum atomic E-state index is -4.16. The molecule has 0 heterocycles. The fourth-order valence-electron chi connectivity index (χ4n) is 5.29. The van der Waals surface area contributed by atoms with Gasteiger partial charge in [-0.15, -0.1) is 0 Å². The molecule has 1 aliphatic rings. The van der Waals surface area contributed by atoms with E-state index in [0.29, 0.717) is 22.8 Å². The van der Waals surface area contributed by atoms with Gasteiger partial charge in [0.25, 0.3) is 10.0 Å². The van der Waals surface area contributed by atoms with Crippen LogP contribution in [0.3, 0.4) is 0 Å². The Hall–Kier alpha value is -3.56. The largest absolute Gasteiger partial charge is 0.497 e. The lowest BCUT2D eigenvalue weighted by atomic mass is 9.95. The van der Waals surface area contributed by atoms with Crippen LogP contribution in [0.5, 0.6) is 5.75 Å². The zero-order valence-corrected chi connectivity index (χ0v) is 25.6. The fourth-order valence-corrected chi connectivity index (χ4v) is 6.91. The Kier molecular flexibility index (Phi) is 10.9. The standard InChI is InChI=1S/C32H38ClN3O5S/c1-3-30(32(38)34-25-14-6-4-7-15-25)35(22-24-13-10-11-20-29(24)33)31(37)23-36(26-16-12-17-27(21-26)41-2)42(39,40)28-18-8-5-9-19-28/h5,8-13,16-21,25,30H,3-4,6-7,14-15,22-23H2,1-2H3,(H,34,38). The molecule has 1 atom stereocenters. The van der Waals surface area contributed by atoms with E-state index < -0.39 is 28.5 Å². The summed E-state index contributed by atoms with van der Waals surface area (Å²) >= 11 is 6.49. The Labute approximate surface area is 253 Å². The number of methoxy groups -OCH3 is 1. The topological polar surface area (TPSA) is 96.0 Å². The Morgan fingerprint density at radius 2 is 1.67 bits per heavy atom. The molecule has 8 nitrogen and oxygen atoms in total. The van der Waals surface area contributed by atoms with Crippen LogP contribution in [0, 0.1) is 0 Å². The first-order valence-electron chi connectivity index (χ1n) is 14.3. The van der Waals surface area contributed by atoms with Gasteiger partial charge in [-0.2, -0.15) is 0 Å². The third-order valence-corrected chi connectivity index (χ3v) is 9.74. The van der Waals surface area contributed by atoms with Crippen LogP contribution in [0.4, 0.5) is 5.69 Å². The van der Waals surface area contributed by atoms with Crippen molar-refractivity contribution in [3.8, 4) is 5.75 Å². The second-order valence-corrected chi connectivity index (χ2v) is 12.7. The van der Waals surface area contributed by atoms with Crippen LogP contribution in [0.25, 0.3) is 0 Å². The maximum Gasteiger partial charge on any atom is 0.264 e. The quantitative estimate of drug-likeness (QED) is 0.279. The first-order chi connectivity index (χ1) is 20.2. The van der Waals surface area contributed by atoms with E-state index in [9.17, 15) is 18.0 Å². The summed E-state index contributed by atoms with van der Waals surface area (Å²) in [4.78, 5) is 29.4. The fraction of sp³-hybridized carbons (Fsp3) is 0.375. The van der Waals surface area contributed by atoms with E-state index in [0.717, 1.165) is 36.4 Å². The Morgan fingerprint density at radius 3 is 2.33 bits per heavy atom. The van der Waals surface area contributed by atoms with E-state index in [-0.39, 0.29) is 29.1 Å². The van der Waals surface area contributed by atoms with Gasteiger partial charge in [0.2, 0.25) is 11.8 Å². The third-order valence-electron chi connectivity index (χ3n) is 7.59. The Morgan fingerprint density at radius 1 is 0.976 bits per heavy atom. The molecule has 0 saturated heterocycles. The molecule has 1 unspecified atom stereocenters. The summed E-state index contributed by atoms with van der Waals surface area (Å²) in [6.45, 7) is 1.37. The van der Waals surface area contributed by atoms with Gasteiger partial charge in [0.15, 0.2) is 0 Å². The number of hydrogen-bond donors (Lipinski definition) is 1. The highest BCUT2D eigenvalue weighted by Crippen LogP contribution is 2.28. The number of nitrogens with one attached hydrogen (secondary N) is 1. The number of amides is 2. The van der Waals surface area contributed by atoms with E-state index in [4.69, 9.17) is 16.3 Å². The summed E-state index contributed by atoms with van der Waals surface area (Å²) in [7, 11) is -2.67. The smallest absolute Gasteiger partial charge is 0.264 e. The minimum absolute atomic E-state index is 0.0420. The van der Waals surface area contributed by atoms with Crippen LogP contribution in [-0.4, -0.2) is 50.9 Å². The average Bonchev–Trinajstić information content (AvgIpc) is 3.01. The first kappa shape index (κ1) is 31.4. The lowest BCUT2D eigenvalue weighted by molar-refractivity contribution is -0.140. The number of carbonyl (C=O) groups excluding carboxylic acids is 2. The Balaban J connectivity index is 1.72. The monoisotopic (exact) mass is 611 g/mol. The summed E-state index contributed by atoms with van der Waals surface area (Å²) in [5.41, 5.74) is 0.930. The summed E-state index contributed by atoms with van der Waals surface area (Å²) in [5.74, 6) is -0.328. The van der Waals surface area contributed by atoms with Gasteiger partial charge in [-0.25, -0.2) is 8.42 Å². The van der Waals surface area contributed by atoms with E-state index in [1.807, 2.05) is 13.0 Å². The van der Waals surface area contributed by atoms with Crippen molar-refractivity contribution >= 4 is 39.1 Å². The van der Waals surface area contributed by atoms with Crippen molar-refractivity contribution in [1.29, 1.82) is 0 Å². The van der Waals surface area contributed by atoms with Gasteiger partial charge in [-0.1, -0.05) is 80.3 Å². The molecule has 1 aliphatic carbocycles. The van der Waals surface area contributed by atoms with Crippen LogP contribution in [0.2, 0.25) is 5.02 Å². The number of anilines is 1. The molecule has 1 N–H and O–H groups in total. The lowest BCUT2D eigenvalue weighted by Gasteiger charge is -2.34. The van der Waals surface area contributed by atoms with Gasteiger partial charge in [0.05, 0.1) is 17.7 Å². The molecule has 42 heavy (non-hydrogen) atoms. The number of rotatable bonds is 12. The highest BCUT2D eigenvalue weighted by molar-refractivity contribution is 7.92. The van der Waals surface area contributed by atoms with Gasteiger partial charge < -0.3 is 15.0 Å². The number of nitrogens with zero attached hydrogens (tertiary/aromatic N) is 2. The normalized spacial score (nSPS) is 14.5. The minimum Gasteiger partial charge on any atom is -0.497 e. The highest BCUT2D eigenvalue weighted by atomic mass is 35.5. The number of halogens is 1. The van der Waals surface area contributed by atoms with Crippen LogP contribution in [0.15, 0.2) is 83.8 Å². The first-order valence-corrected chi connectivity index (χ1v) is 16.1. The predicted molar refractivity (Wildman–Crippen MR) is 165 cm³/mol. The zero-order chi connectivity index (χ0) is 30.1. The number of hydrogen-bond acceptors (Lipinski definition) is 5. The van der Waals surface area contributed by atoms with Crippen molar-refractivity contribution in [2.75, 3.05) is 18.0 Å². The van der Waals surface area contributed by atoms with Gasteiger partial charge >= 0.3 is 0 Å². The summed E-state index contributed by atoms with van der Waals surface area (Å²) in [5, 5.41) is 3.61. The number of sulfonamides is 1. The maximum atomic E-state index is 14.2. The van der Waals surface area contributed by atoms with Crippen LogP contribution in [-0.2, 0) is 26.2 Å². The number of carbonyl (C=O) groups is 2. The molecule has 2 amide bonds. The molecular formula is C32H38ClN3O5S. The molecule has 1 saturated carbocycles. The van der Waals surface area contributed by atoms with Crippen molar-refractivity contribution in [1.82, 2.24) is 10.2 Å². The second kappa shape index (κ2) is 14.6. The van der Waals surface area contributed by atoms with Gasteiger partial charge in [0.1, 0.15) is 18.3 Å². The van der Waals surface area contributed by atoms with E-state index >= 15 is 0 Å². The van der Waals surface area contributed by atoms with Crippen molar-refractivity contribution < 1.29 is 22.7 Å². The van der Waals surface area contributed by atoms with Gasteiger partial charge in [-0.05, 0) is 55.2 Å². The number of benzene rings is 3. The molecule has 0 spiro atoms. The van der Waals surface area contributed by atoms with E-state index in [2.05, 4.69) is 5.32 Å². The van der Waals surface area contributed by atoms with Crippen LogP contribution in [0.1, 0.15) is 51.0 Å². The summed E-state index contributed by atoms with van der Waals surface area (Å²) < 4.78 is 34.3. The number of ether oxygens (including phenoxy) is 1. The predicted octanol–water partition coefficient (Wildman–Crippen LogP) is 5.80. The molecule has 3 aromatic carbocycles. The molecule has 224 valence electrons. The van der Waals surface area contributed by atoms with Gasteiger partial charge in [-0.3, -0.25) is 13.9 Å². The van der Waals surface area contributed by atoms with Crippen molar-refractivity contribution in [3.05, 3.63) is 89.4 Å². The van der Waals surface area contributed by atoms with E-state index in [1.54, 1.807) is 60.7 Å². The van der Waals surface area contributed by atoms with E-state index in [1.165, 1.54) is 24.1 Å². The summed E-state index contributed by atoms with van der Waals surface area (Å²) in [6.07, 6.45) is 5.41. The summed E-state index contributed by atoms with van der Waals surface area (Å²) in [6, 6.07) is 20.9.